The number of nitrogens with zero attached hydrogens (tertiary/aromatic N) is 2. The number of aromatic nitrogens is 2. The van der Waals surface area contributed by atoms with Gasteiger partial charge in [0.25, 0.3) is 5.91 Å². The van der Waals surface area contributed by atoms with Gasteiger partial charge >= 0.3 is 0 Å². The van der Waals surface area contributed by atoms with Crippen molar-refractivity contribution in [3.63, 3.8) is 0 Å². The lowest BCUT2D eigenvalue weighted by Gasteiger charge is -2.13. The highest BCUT2D eigenvalue weighted by Gasteiger charge is 2.21. The smallest absolute Gasteiger partial charge is 0.276 e. The van der Waals surface area contributed by atoms with Crippen molar-refractivity contribution in [2.45, 2.75) is 19.8 Å². The monoisotopic (exact) mass is 239 g/mol. The number of rotatable bonds is 5. The number of likely N-dealkylation sites (N-methyl/N-ethyl adjacent to an activating group) is 1. The van der Waals surface area contributed by atoms with E-state index < -0.39 is 11.8 Å². The van der Waals surface area contributed by atoms with Crippen molar-refractivity contribution in [1.29, 1.82) is 0 Å². The largest absolute Gasteiger partial charge is 0.395 e. The molecule has 17 heavy (non-hydrogen) atoms. The molecule has 7 nitrogen and oxygen atoms in total. The highest BCUT2D eigenvalue weighted by Crippen LogP contribution is 2.16. The van der Waals surface area contributed by atoms with Crippen LogP contribution in [0.2, 0.25) is 0 Å². The molecule has 5 N–H and O–H groups in total. The molecule has 0 radical (unpaired) electrons. The van der Waals surface area contributed by atoms with E-state index in [-0.39, 0.29) is 12.2 Å². The number of hydrogen-bond acceptors (Lipinski definition) is 4. The number of nitrogens with two attached hydrogens (primary N) is 2. The van der Waals surface area contributed by atoms with Gasteiger partial charge in [-0.3, -0.25) is 14.7 Å². The third-order valence-electron chi connectivity index (χ3n) is 2.33. The molecular formula is C10H17N5O2. The maximum absolute atomic E-state index is 11.9. The second kappa shape index (κ2) is 5.33. The number of aromatic amines is 1. The quantitative estimate of drug-likeness (QED) is 0.642. The molecule has 0 aliphatic carbocycles. The first kappa shape index (κ1) is 13.0. The molecule has 0 saturated heterocycles. The van der Waals surface area contributed by atoms with Crippen LogP contribution in [0.25, 0.3) is 0 Å². The SMILES string of the molecule is CCCc1[nH]nc(C(=O)N(C)CC(N)=O)c1N. The number of amides is 2. The topological polar surface area (TPSA) is 118 Å². The van der Waals surface area contributed by atoms with E-state index in [2.05, 4.69) is 10.2 Å². The summed E-state index contributed by atoms with van der Waals surface area (Å²) in [6, 6.07) is 0. The van der Waals surface area contributed by atoms with Gasteiger partial charge in [-0.2, -0.15) is 5.10 Å². The molecule has 1 aromatic heterocycles. The van der Waals surface area contributed by atoms with Gasteiger partial charge in [-0.1, -0.05) is 13.3 Å². The summed E-state index contributed by atoms with van der Waals surface area (Å²) < 4.78 is 0. The Balaban J connectivity index is 2.85. The fourth-order valence-electron chi connectivity index (χ4n) is 1.48. The molecule has 0 unspecified atom stereocenters. The molecule has 1 aromatic rings. The van der Waals surface area contributed by atoms with Gasteiger partial charge < -0.3 is 16.4 Å². The van der Waals surface area contributed by atoms with Crippen LogP contribution in [0.4, 0.5) is 5.69 Å². The molecule has 7 heteroatoms. The van der Waals surface area contributed by atoms with E-state index in [1.165, 1.54) is 11.9 Å². The van der Waals surface area contributed by atoms with E-state index >= 15 is 0 Å². The molecule has 94 valence electrons. The second-order valence-corrected chi connectivity index (χ2v) is 3.84. The molecule has 0 fully saturated rings. The molecule has 1 heterocycles. The minimum atomic E-state index is -0.580. The van der Waals surface area contributed by atoms with Crippen LogP contribution >= 0.6 is 0 Å². The van der Waals surface area contributed by atoms with E-state index in [0.29, 0.717) is 5.69 Å². The van der Waals surface area contributed by atoms with Crippen LogP contribution < -0.4 is 11.5 Å². The first-order chi connectivity index (χ1) is 7.97. The Kier molecular flexibility index (Phi) is 4.08. The third-order valence-corrected chi connectivity index (χ3v) is 2.33. The van der Waals surface area contributed by atoms with Crippen molar-refractivity contribution in [2.24, 2.45) is 5.73 Å². The Morgan fingerprint density at radius 2 is 2.12 bits per heavy atom. The Morgan fingerprint density at radius 1 is 1.47 bits per heavy atom. The maximum atomic E-state index is 11.9. The maximum Gasteiger partial charge on any atom is 0.276 e. The van der Waals surface area contributed by atoms with Crippen LogP contribution in [-0.2, 0) is 11.2 Å². The minimum Gasteiger partial charge on any atom is -0.395 e. The highest BCUT2D eigenvalue weighted by atomic mass is 16.2. The standard InChI is InChI=1S/C10H17N5O2/c1-3-4-6-8(12)9(14-13-6)10(17)15(2)5-7(11)16/h3-5,12H2,1-2H3,(H2,11,16)(H,13,14). The van der Waals surface area contributed by atoms with E-state index in [0.717, 1.165) is 18.5 Å². The zero-order valence-corrected chi connectivity index (χ0v) is 9.99. The number of nitrogen functional groups attached to an aromatic ring is 1. The second-order valence-electron chi connectivity index (χ2n) is 3.84. The van der Waals surface area contributed by atoms with Crippen molar-refractivity contribution in [1.82, 2.24) is 15.1 Å². The number of nitrogens with one attached hydrogen (secondary N) is 1. The molecule has 0 aromatic carbocycles. The lowest BCUT2D eigenvalue weighted by Crippen LogP contribution is -2.35. The molecule has 0 atom stereocenters. The normalized spacial score (nSPS) is 10.2. The Hall–Kier alpha value is -2.05. The molecule has 0 aliphatic rings. The zero-order valence-electron chi connectivity index (χ0n) is 9.99. The molecule has 0 saturated carbocycles. The predicted molar refractivity (Wildman–Crippen MR) is 63.2 cm³/mol. The van der Waals surface area contributed by atoms with Gasteiger partial charge in [-0.25, -0.2) is 0 Å². The highest BCUT2D eigenvalue weighted by molar-refractivity contribution is 5.99. The summed E-state index contributed by atoms with van der Waals surface area (Å²) in [6.45, 7) is 1.84. The summed E-state index contributed by atoms with van der Waals surface area (Å²) >= 11 is 0. The Labute approximate surface area is 99.1 Å². The molecule has 0 spiro atoms. The molecular weight excluding hydrogens is 222 g/mol. The van der Waals surface area contributed by atoms with Crippen molar-refractivity contribution in [3.8, 4) is 0 Å². The number of anilines is 1. The average molecular weight is 239 g/mol. The van der Waals surface area contributed by atoms with Crippen LogP contribution in [0.3, 0.4) is 0 Å². The van der Waals surface area contributed by atoms with Crippen molar-refractivity contribution >= 4 is 17.5 Å². The van der Waals surface area contributed by atoms with Crippen molar-refractivity contribution in [3.05, 3.63) is 11.4 Å². The van der Waals surface area contributed by atoms with Crippen LogP contribution in [0, 0.1) is 0 Å². The summed E-state index contributed by atoms with van der Waals surface area (Å²) in [6.07, 6.45) is 1.63. The number of aryl methyl sites for hydroxylation is 1. The van der Waals surface area contributed by atoms with Gasteiger partial charge in [0.2, 0.25) is 5.91 Å². The molecule has 0 bridgehead atoms. The molecule has 2 amide bonds. The third kappa shape index (κ3) is 2.96. The van der Waals surface area contributed by atoms with Crippen molar-refractivity contribution in [2.75, 3.05) is 19.3 Å². The number of H-pyrrole nitrogens is 1. The number of carbonyl (C=O) groups excluding carboxylic acids is 2. The van der Waals surface area contributed by atoms with Crippen LogP contribution in [0.15, 0.2) is 0 Å². The number of carbonyl (C=O) groups is 2. The average Bonchev–Trinajstić information content (AvgIpc) is 2.59. The van der Waals surface area contributed by atoms with Gasteiger partial charge in [-0.15, -0.1) is 0 Å². The van der Waals surface area contributed by atoms with E-state index in [9.17, 15) is 9.59 Å². The lowest BCUT2D eigenvalue weighted by atomic mass is 10.2. The molecule has 1 rings (SSSR count). The zero-order chi connectivity index (χ0) is 13.0. The lowest BCUT2D eigenvalue weighted by molar-refractivity contribution is -0.118. The number of hydrogen-bond donors (Lipinski definition) is 3. The van der Waals surface area contributed by atoms with E-state index in [1.807, 2.05) is 6.92 Å². The molecule has 0 aliphatic heterocycles. The fraction of sp³-hybridized carbons (Fsp3) is 0.500. The van der Waals surface area contributed by atoms with Crippen LogP contribution in [0.1, 0.15) is 29.5 Å². The van der Waals surface area contributed by atoms with Gasteiger partial charge in [-0.05, 0) is 6.42 Å². The fourth-order valence-corrected chi connectivity index (χ4v) is 1.48. The minimum absolute atomic E-state index is 0.136. The van der Waals surface area contributed by atoms with E-state index in [1.54, 1.807) is 0 Å². The Bertz CT molecular complexity index is 426. The van der Waals surface area contributed by atoms with Gasteiger partial charge in [0.15, 0.2) is 5.69 Å². The number of primary amides is 1. The van der Waals surface area contributed by atoms with Gasteiger partial charge in [0.1, 0.15) is 0 Å². The van der Waals surface area contributed by atoms with Crippen LogP contribution in [0.5, 0.6) is 0 Å². The van der Waals surface area contributed by atoms with Crippen molar-refractivity contribution < 1.29 is 9.59 Å². The van der Waals surface area contributed by atoms with Crippen LogP contribution in [-0.4, -0.2) is 40.5 Å². The Morgan fingerprint density at radius 3 is 2.65 bits per heavy atom. The predicted octanol–water partition coefficient (Wildman–Crippen LogP) is -0.498. The first-order valence-corrected chi connectivity index (χ1v) is 5.33. The summed E-state index contributed by atoms with van der Waals surface area (Å²) in [5.74, 6) is -0.997. The summed E-state index contributed by atoms with van der Waals surface area (Å²) in [7, 11) is 1.47. The van der Waals surface area contributed by atoms with Gasteiger partial charge in [0, 0.05) is 7.05 Å². The summed E-state index contributed by atoms with van der Waals surface area (Å²) in [4.78, 5) is 23.8. The van der Waals surface area contributed by atoms with Gasteiger partial charge in [0.05, 0.1) is 17.9 Å². The summed E-state index contributed by atoms with van der Waals surface area (Å²) in [5, 5.41) is 6.59. The first-order valence-electron chi connectivity index (χ1n) is 5.33. The summed E-state index contributed by atoms with van der Waals surface area (Å²) in [5.41, 5.74) is 12.0. The van der Waals surface area contributed by atoms with E-state index in [4.69, 9.17) is 11.5 Å².